The number of alkyl halides is 1. The van der Waals surface area contributed by atoms with Gasteiger partial charge in [-0.25, -0.2) is 4.39 Å². The van der Waals surface area contributed by atoms with Crippen molar-refractivity contribution < 1.29 is 23.4 Å². The van der Waals surface area contributed by atoms with E-state index in [1.165, 1.54) is 6.92 Å². The summed E-state index contributed by atoms with van der Waals surface area (Å²) in [6.07, 6.45) is -1.56. The van der Waals surface area contributed by atoms with Gasteiger partial charge in [-0.05, 0) is 27.7 Å². The molecule has 0 aliphatic heterocycles. The molecule has 4 nitrogen and oxygen atoms in total. The van der Waals surface area contributed by atoms with Gasteiger partial charge >= 0.3 is 5.97 Å². The van der Waals surface area contributed by atoms with E-state index in [1.807, 2.05) is 6.92 Å². The third-order valence-electron chi connectivity index (χ3n) is 2.30. The number of halogens is 1. The smallest absolute Gasteiger partial charge is 0.302 e. The average molecular weight is 250 g/mol. The average Bonchev–Trinajstić information content (AvgIpc) is 2.16. The quantitative estimate of drug-likeness (QED) is 0.490. The zero-order chi connectivity index (χ0) is 13.5. The molecule has 0 bridgehead atoms. The summed E-state index contributed by atoms with van der Waals surface area (Å²) in [5, 5.41) is 0. The van der Waals surface area contributed by atoms with Crippen molar-refractivity contribution in [2.75, 3.05) is 13.2 Å². The predicted octanol–water partition coefficient (Wildman–Crippen LogP) is 2.46. The van der Waals surface area contributed by atoms with Crippen molar-refractivity contribution in [1.82, 2.24) is 0 Å². The Morgan fingerprint density at radius 1 is 1.41 bits per heavy atom. The van der Waals surface area contributed by atoms with Crippen molar-refractivity contribution in [1.29, 1.82) is 0 Å². The van der Waals surface area contributed by atoms with E-state index in [2.05, 4.69) is 0 Å². The van der Waals surface area contributed by atoms with Crippen LogP contribution in [0.4, 0.5) is 4.39 Å². The number of carbonyl (C=O) groups is 1. The monoisotopic (exact) mass is 250 g/mol. The third kappa shape index (κ3) is 7.28. The van der Waals surface area contributed by atoms with E-state index < -0.39 is 24.0 Å². The zero-order valence-corrected chi connectivity index (χ0v) is 11.3. The van der Waals surface area contributed by atoms with Crippen LogP contribution in [0.2, 0.25) is 0 Å². The van der Waals surface area contributed by atoms with Crippen LogP contribution in [0.3, 0.4) is 0 Å². The second-order valence-corrected chi connectivity index (χ2v) is 4.34. The molecule has 0 heterocycles. The molecule has 0 spiro atoms. The molecule has 1 unspecified atom stereocenters. The Balaban J connectivity index is 4.05. The molecule has 2 atom stereocenters. The van der Waals surface area contributed by atoms with Gasteiger partial charge in [0.05, 0.1) is 12.2 Å². The van der Waals surface area contributed by atoms with E-state index >= 15 is 0 Å². The van der Waals surface area contributed by atoms with Gasteiger partial charge in [-0.2, -0.15) is 0 Å². The molecule has 102 valence electrons. The Kier molecular flexibility index (Phi) is 7.30. The highest BCUT2D eigenvalue weighted by atomic mass is 19.1. The second kappa shape index (κ2) is 7.61. The fraction of sp³-hybridized carbons (Fsp3) is 0.917. The lowest BCUT2D eigenvalue weighted by atomic mass is 10.0. The fourth-order valence-corrected chi connectivity index (χ4v) is 1.42. The van der Waals surface area contributed by atoms with E-state index in [-0.39, 0.29) is 13.0 Å². The lowest BCUT2D eigenvalue weighted by molar-refractivity contribution is -0.209. The minimum Gasteiger partial charge on any atom is -0.466 e. The Morgan fingerprint density at radius 3 is 2.47 bits per heavy atom. The summed E-state index contributed by atoms with van der Waals surface area (Å²) in [6, 6.07) is 0. The van der Waals surface area contributed by atoms with Gasteiger partial charge in [0, 0.05) is 20.0 Å². The normalized spacial score (nSPS) is 15.4. The number of rotatable bonds is 8. The minimum absolute atomic E-state index is 0.0618. The van der Waals surface area contributed by atoms with E-state index in [9.17, 15) is 9.18 Å². The van der Waals surface area contributed by atoms with Gasteiger partial charge < -0.3 is 14.2 Å². The first-order valence-electron chi connectivity index (χ1n) is 5.86. The Hall–Kier alpha value is -0.680. The molecule has 0 rings (SSSR count). The van der Waals surface area contributed by atoms with Crippen molar-refractivity contribution >= 4 is 5.97 Å². The molecule has 0 amide bonds. The SMILES string of the molecule is CCOC(C)OC(C)(C)[C@@H](F)CCOC(C)=O. The first-order valence-corrected chi connectivity index (χ1v) is 5.86. The van der Waals surface area contributed by atoms with Gasteiger partial charge in [-0.15, -0.1) is 0 Å². The van der Waals surface area contributed by atoms with Crippen LogP contribution in [-0.2, 0) is 19.0 Å². The maximum Gasteiger partial charge on any atom is 0.302 e. The van der Waals surface area contributed by atoms with Crippen LogP contribution in [0.5, 0.6) is 0 Å². The molecule has 0 radical (unpaired) electrons. The van der Waals surface area contributed by atoms with Gasteiger partial charge in [0.15, 0.2) is 6.29 Å². The maximum absolute atomic E-state index is 13.9. The molecular weight excluding hydrogens is 227 g/mol. The molecule has 0 aliphatic rings. The van der Waals surface area contributed by atoms with Gasteiger partial charge in [0.25, 0.3) is 0 Å². The van der Waals surface area contributed by atoms with Crippen molar-refractivity contribution in [3.63, 3.8) is 0 Å². The summed E-state index contributed by atoms with van der Waals surface area (Å²) >= 11 is 0. The molecule has 0 aromatic heterocycles. The molecule has 0 aromatic carbocycles. The van der Waals surface area contributed by atoms with Crippen molar-refractivity contribution in [3.8, 4) is 0 Å². The molecule has 5 heteroatoms. The number of ether oxygens (including phenoxy) is 3. The fourth-order valence-electron chi connectivity index (χ4n) is 1.42. The summed E-state index contributed by atoms with van der Waals surface area (Å²) < 4.78 is 29.2. The van der Waals surface area contributed by atoms with Crippen molar-refractivity contribution in [3.05, 3.63) is 0 Å². The van der Waals surface area contributed by atoms with Crippen LogP contribution in [0.15, 0.2) is 0 Å². The summed E-state index contributed by atoms with van der Waals surface area (Å²) in [7, 11) is 0. The molecule has 0 saturated heterocycles. The predicted molar refractivity (Wildman–Crippen MR) is 62.4 cm³/mol. The largest absolute Gasteiger partial charge is 0.466 e. The van der Waals surface area contributed by atoms with Crippen molar-refractivity contribution in [2.45, 2.75) is 59.1 Å². The summed E-state index contributed by atoms with van der Waals surface area (Å²) in [5.41, 5.74) is -0.964. The van der Waals surface area contributed by atoms with Crippen LogP contribution in [0.1, 0.15) is 41.0 Å². The first-order chi connectivity index (χ1) is 7.79. The van der Waals surface area contributed by atoms with Crippen LogP contribution in [0.25, 0.3) is 0 Å². The van der Waals surface area contributed by atoms with E-state index in [0.717, 1.165) is 0 Å². The Morgan fingerprint density at radius 2 is 2.00 bits per heavy atom. The first kappa shape index (κ1) is 16.3. The Bertz CT molecular complexity index is 231. The lowest BCUT2D eigenvalue weighted by Crippen LogP contribution is -2.40. The highest BCUT2D eigenvalue weighted by Gasteiger charge is 2.32. The van der Waals surface area contributed by atoms with Crippen LogP contribution in [-0.4, -0.2) is 37.2 Å². The number of esters is 1. The summed E-state index contributed by atoms with van der Waals surface area (Å²) in [5.74, 6) is -0.404. The van der Waals surface area contributed by atoms with Gasteiger partial charge in [0.2, 0.25) is 0 Å². The third-order valence-corrected chi connectivity index (χ3v) is 2.30. The standard InChI is InChI=1S/C12H23FO4/c1-6-15-10(3)17-12(4,5)11(13)7-8-16-9(2)14/h10-11H,6-8H2,1-5H3/t10?,11-/m0/s1. The Labute approximate surface area is 102 Å². The summed E-state index contributed by atoms with van der Waals surface area (Å²) in [4.78, 5) is 10.5. The molecule has 0 aromatic rings. The zero-order valence-electron chi connectivity index (χ0n) is 11.3. The highest BCUT2D eigenvalue weighted by Crippen LogP contribution is 2.23. The maximum atomic E-state index is 13.9. The van der Waals surface area contributed by atoms with Crippen LogP contribution in [0, 0.1) is 0 Å². The number of carbonyl (C=O) groups excluding carboxylic acids is 1. The van der Waals surface area contributed by atoms with E-state index in [0.29, 0.717) is 6.61 Å². The number of hydrogen-bond donors (Lipinski definition) is 0. The lowest BCUT2D eigenvalue weighted by Gasteiger charge is -2.31. The molecule has 0 saturated carbocycles. The summed E-state index contributed by atoms with van der Waals surface area (Å²) in [6.45, 7) is 8.76. The van der Waals surface area contributed by atoms with Gasteiger partial charge in [-0.3, -0.25) is 4.79 Å². The molecule has 17 heavy (non-hydrogen) atoms. The van der Waals surface area contributed by atoms with Gasteiger partial charge in [-0.1, -0.05) is 0 Å². The van der Waals surface area contributed by atoms with Gasteiger partial charge in [0.1, 0.15) is 6.17 Å². The molecular formula is C12H23FO4. The van der Waals surface area contributed by atoms with E-state index in [4.69, 9.17) is 14.2 Å². The van der Waals surface area contributed by atoms with Crippen LogP contribution >= 0.6 is 0 Å². The number of hydrogen-bond acceptors (Lipinski definition) is 4. The molecule has 0 aliphatic carbocycles. The minimum atomic E-state index is -1.22. The molecule has 0 N–H and O–H groups in total. The topological polar surface area (TPSA) is 44.8 Å². The molecule has 0 fully saturated rings. The second-order valence-electron chi connectivity index (χ2n) is 4.34. The van der Waals surface area contributed by atoms with Crippen LogP contribution < -0.4 is 0 Å². The van der Waals surface area contributed by atoms with E-state index in [1.54, 1.807) is 20.8 Å². The van der Waals surface area contributed by atoms with Crippen molar-refractivity contribution in [2.24, 2.45) is 0 Å². The highest BCUT2D eigenvalue weighted by molar-refractivity contribution is 5.65.